The first-order chi connectivity index (χ1) is 8.02. The summed E-state index contributed by atoms with van der Waals surface area (Å²) in [5.74, 6) is 0. The second-order valence-corrected chi connectivity index (χ2v) is 5.91. The molecule has 0 heterocycles. The van der Waals surface area contributed by atoms with E-state index in [4.69, 9.17) is 19.0 Å². The van der Waals surface area contributed by atoms with Crippen LogP contribution in [0.25, 0.3) is 0 Å². The van der Waals surface area contributed by atoms with Crippen molar-refractivity contribution in [2.45, 2.75) is 20.8 Å². The molecule has 0 aliphatic carbocycles. The van der Waals surface area contributed by atoms with Crippen LogP contribution >= 0.6 is 0 Å². The lowest BCUT2D eigenvalue weighted by Crippen LogP contribution is -2.47. The Kier molecular flexibility index (Phi) is 7.82. The minimum atomic E-state index is -2.84. The number of hydrogen-bond donors (Lipinski definition) is 1. The molecule has 0 amide bonds. The Morgan fingerprint density at radius 3 is 1.71 bits per heavy atom. The fourth-order valence-corrected chi connectivity index (χ4v) is 3.52. The van der Waals surface area contributed by atoms with E-state index in [1.165, 1.54) is 0 Å². The molecule has 98 valence electrons. The standard InChI is InChI=1S/C12H23NO3Si/c1-6-14-17(15-7-2,16-8-3)12(5)10-9-11(4)13/h9-10H,4-8,13H2,1-3H3/b10-9-. The van der Waals surface area contributed by atoms with Gasteiger partial charge in [-0.05, 0) is 26.8 Å². The summed E-state index contributed by atoms with van der Waals surface area (Å²) >= 11 is 0. The van der Waals surface area contributed by atoms with Gasteiger partial charge in [-0.15, -0.1) is 0 Å². The van der Waals surface area contributed by atoms with Crippen molar-refractivity contribution >= 4 is 8.80 Å². The first-order valence-corrected chi connectivity index (χ1v) is 7.48. The zero-order valence-corrected chi connectivity index (χ0v) is 12.0. The van der Waals surface area contributed by atoms with Gasteiger partial charge in [-0.3, -0.25) is 0 Å². The van der Waals surface area contributed by atoms with Gasteiger partial charge in [-0.1, -0.05) is 19.2 Å². The van der Waals surface area contributed by atoms with Crippen LogP contribution < -0.4 is 5.73 Å². The predicted octanol–water partition coefficient (Wildman–Crippen LogP) is 2.16. The van der Waals surface area contributed by atoms with Gasteiger partial charge in [0.05, 0.1) is 0 Å². The van der Waals surface area contributed by atoms with E-state index in [1.807, 2.05) is 20.8 Å². The predicted molar refractivity (Wildman–Crippen MR) is 72.2 cm³/mol. The van der Waals surface area contributed by atoms with Crippen molar-refractivity contribution in [3.05, 3.63) is 36.2 Å². The smallest absolute Gasteiger partial charge is 0.399 e. The zero-order valence-electron chi connectivity index (χ0n) is 11.0. The Morgan fingerprint density at radius 2 is 1.41 bits per heavy atom. The topological polar surface area (TPSA) is 53.7 Å². The summed E-state index contributed by atoms with van der Waals surface area (Å²) in [4.78, 5) is 0. The second kappa shape index (κ2) is 8.24. The molecule has 0 unspecified atom stereocenters. The van der Waals surface area contributed by atoms with Crippen LogP contribution in [0.4, 0.5) is 0 Å². The summed E-state index contributed by atoms with van der Waals surface area (Å²) in [5.41, 5.74) is 5.93. The lowest BCUT2D eigenvalue weighted by atomic mass is 10.4. The third kappa shape index (κ3) is 5.32. The minimum absolute atomic E-state index is 0.457. The summed E-state index contributed by atoms with van der Waals surface area (Å²) in [5, 5.41) is 0.689. The summed E-state index contributed by atoms with van der Waals surface area (Å²) in [6, 6.07) is 0. The van der Waals surface area contributed by atoms with E-state index in [0.717, 1.165) is 0 Å². The fraction of sp³-hybridized carbons (Fsp3) is 0.500. The van der Waals surface area contributed by atoms with E-state index < -0.39 is 8.80 Å². The van der Waals surface area contributed by atoms with Gasteiger partial charge in [0, 0.05) is 30.7 Å². The van der Waals surface area contributed by atoms with Gasteiger partial charge in [0.25, 0.3) is 0 Å². The van der Waals surface area contributed by atoms with Gasteiger partial charge in [-0.2, -0.15) is 0 Å². The Balaban J connectivity index is 4.96. The summed E-state index contributed by atoms with van der Waals surface area (Å²) in [6.07, 6.45) is 3.41. The molecule has 0 aliphatic rings. The van der Waals surface area contributed by atoms with Crippen molar-refractivity contribution in [2.24, 2.45) is 5.73 Å². The van der Waals surface area contributed by atoms with Gasteiger partial charge in [0.2, 0.25) is 0 Å². The maximum absolute atomic E-state index is 5.68. The molecule has 0 bridgehead atoms. The SMILES string of the molecule is C=C(N)/C=C\C(=C)[Si](OCC)(OCC)OCC. The Labute approximate surface area is 105 Å². The maximum Gasteiger partial charge on any atom is 0.536 e. The van der Waals surface area contributed by atoms with E-state index in [9.17, 15) is 0 Å². The molecule has 0 saturated carbocycles. The molecule has 0 aromatic rings. The van der Waals surface area contributed by atoms with Crippen LogP contribution in [0.2, 0.25) is 0 Å². The average molecular weight is 257 g/mol. The number of allylic oxidation sites excluding steroid dienone is 3. The van der Waals surface area contributed by atoms with Crippen LogP contribution in [0.3, 0.4) is 0 Å². The highest BCUT2D eigenvalue weighted by Gasteiger charge is 2.43. The second-order valence-electron chi connectivity index (χ2n) is 3.29. The lowest BCUT2D eigenvalue weighted by molar-refractivity contribution is 0.0819. The Hall–Kier alpha value is -0.883. The van der Waals surface area contributed by atoms with Gasteiger partial charge < -0.3 is 19.0 Å². The molecule has 0 rings (SSSR count). The molecule has 0 fully saturated rings. The highest BCUT2D eigenvalue weighted by molar-refractivity contribution is 6.69. The van der Waals surface area contributed by atoms with Crippen molar-refractivity contribution in [2.75, 3.05) is 19.8 Å². The molecule has 0 spiro atoms. The number of rotatable bonds is 9. The Morgan fingerprint density at radius 1 is 1.00 bits per heavy atom. The summed E-state index contributed by atoms with van der Waals surface area (Å²) < 4.78 is 17.0. The molecule has 0 atom stereocenters. The zero-order chi connectivity index (χ0) is 13.3. The summed E-state index contributed by atoms with van der Waals surface area (Å²) in [6.45, 7) is 14.8. The first kappa shape index (κ1) is 16.1. The van der Waals surface area contributed by atoms with Crippen LogP contribution in [-0.2, 0) is 13.3 Å². The van der Waals surface area contributed by atoms with Gasteiger partial charge in [-0.25, -0.2) is 0 Å². The third-order valence-electron chi connectivity index (χ3n) is 1.89. The van der Waals surface area contributed by atoms with Gasteiger partial charge in [0.1, 0.15) is 0 Å². The number of nitrogens with two attached hydrogens (primary N) is 1. The average Bonchev–Trinajstić information content (AvgIpc) is 2.26. The minimum Gasteiger partial charge on any atom is -0.399 e. The van der Waals surface area contributed by atoms with Crippen LogP contribution in [0.15, 0.2) is 36.2 Å². The maximum atomic E-state index is 5.68. The van der Waals surface area contributed by atoms with Crippen molar-refractivity contribution < 1.29 is 13.3 Å². The molecule has 4 nitrogen and oxygen atoms in total. The molecular formula is C12H23NO3Si. The summed E-state index contributed by atoms with van der Waals surface area (Å²) in [7, 11) is -2.84. The highest BCUT2D eigenvalue weighted by Crippen LogP contribution is 2.20. The largest absolute Gasteiger partial charge is 0.536 e. The van der Waals surface area contributed by atoms with E-state index in [-0.39, 0.29) is 0 Å². The molecule has 0 saturated heterocycles. The van der Waals surface area contributed by atoms with E-state index in [2.05, 4.69) is 13.2 Å². The van der Waals surface area contributed by atoms with Crippen molar-refractivity contribution in [3.63, 3.8) is 0 Å². The van der Waals surface area contributed by atoms with Crippen molar-refractivity contribution in [3.8, 4) is 0 Å². The molecule has 0 radical (unpaired) electrons. The normalized spacial score (nSPS) is 11.9. The molecule has 0 aromatic carbocycles. The molecular weight excluding hydrogens is 234 g/mol. The lowest BCUT2D eigenvalue weighted by Gasteiger charge is -2.28. The molecule has 5 heteroatoms. The van der Waals surface area contributed by atoms with Gasteiger partial charge >= 0.3 is 8.80 Å². The van der Waals surface area contributed by atoms with Crippen molar-refractivity contribution in [1.82, 2.24) is 0 Å². The van der Waals surface area contributed by atoms with Crippen molar-refractivity contribution in [1.29, 1.82) is 0 Å². The number of hydrogen-bond acceptors (Lipinski definition) is 4. The Bertz CT molecular complexity index is 272. The van der Waals surface area contributed by atoms with Gasteiger partial charge in [0.15, 0.2) is 0 Å². The van der Waals surface area contributed by atoms with Crippen LogP contribution in [-0.4, -0.2) is 28.6 Å². The quantitative estimate of drug-likeness (QED) is 0.508. The fourth-order valence-electron chi connectivity index (χ4n) is 1.28. The molecule has 2 N–H and O–H groups in total. The molecule has 0 aliphatic heterocycles. The van der Waals surface area contributed by atoms with Crippen LogP contribution in [0.1, 0.15) is 20.8 Å². The first-order valence-electron chi connectivity index (χ1n) is 5.76. The monoisotopic (exact) mass is 257 g/mol. The van der Waals surface area contributed by atoms with E-state index >= 15 is 0 Å². The molecule has 17 heavy (non-hydrogen) atoms. The molecule has 0 aromatic heterocycles. The highest BCUT2D eigenvalue weighted by atomic mass is 28.4. The van der Waals surface area contributed by atoms with Crippen LogP contribution in [0, 0.1) is 0 Å². The van der Waals surface area contributed by atoms with Crippen LogP contribution in [0.5, 0.6) is 0 Å². The van der Waals surface area contributed by atoms with E-state index in [0.29, 0.717) is 30.7 Å². The third-order valence-corrected chi connectivity index (χ3v) is 4.85. The van der Waals surface area contributed by atoms with E-state index in [1.54, 1.807) is 12.2 Å².